The van der Waals surface area contributed by atoms with Gasteiger partial charge in [0.2, 0.25) is 17.7 Å². The fourth-order valence-corrected chi connectivity index (χ4v) is 2.89. The van der Waals surface area contributed by atoms with Gasteiger partial charge in [0, 0.05) is 71.9 Å². The Morgan fingerprint density at radius 3 is 2.33 bits per heavy atom. The van der Waals surface area contributed by atoms with Crippen LogP contribution in [0.2, 0.25) is 0 Å². The van der Waals surface area contributed by atoms with E-state index in [9.17, 15) is 24.3 Å². The van der Waals surface area contributed by atoms with Gasteiger partial charge in [0.15, 0.2) is 0 Å². The molecule has 42 heavy (non-hydrogen) atoms. The van der Waals surface area contributed by atoms with Gasteiger partial charge in [-0.1, -0.05) is 19.9 Å². The van der Waals surface area contributed by atoms with Crippen molar-refractivity contribution in [2.24, 2.45) is 5.73 Å². The smallest absolute Gasteiger partial charge is 0.251 e. The second-order valence-electron chi connectivity index (χ2n) is 9.17. The summed E-state index contributed by atoms with van der Waals surface area (Å²) in [5.41, 5.74) is 12.8. The van der Waals surface area contributed by atoms with Gasteiger partial charge in [-0.05, 0) is 37.5 Å². The molecule has 1 aromatic rings. The van der Waals surface area contributed by atoms with Crippen molar-refractivity contribution in [3.05, 3.63) is 35.6 Å². The van der Waals surface area contributed by atoms with Gasteiger partial charge in [-0.3, -0.25) is 19.2 Å². The molecule has 0 fully saturated rings. The maximum atomic E-state index is 12.4. The van der Waals surface area contributed by atoms with Crippen molar-refractivity contribution in [1.29, 1.82) is 0 Å². The van der Waals surface area contributed by atoms with Crippen molar-refractivity contribution < 1.29 is 71.2 Å². The van der Waals surface area contributed by atoms with Crippen LogP contribution in [0.15, 0.2) is 24.3 Å². The van der Waals surface area contributed by atoms with E-state index in [1.165, 1.54) is 14.0 Å². The number of aliphatic hydroxyl groups excluding tert-OH is 1. The fraction of sp³-hybridized carbons (Fsp3) is 0.630. The minimum Gasteiger partial charge on any atom is -0.675 e. The molecule has 2 unspecified atom stereocenters. The van der Waals surface area contributed by atoms with E-state index in [0.717, 1.165) is 0 Å². The van der Waals surface area contributed by atoms with Crippen LogP contribution in [0.4, 0.5) is 0 Å². The van der Waals surface area contributed by atoms with Crippen molar-refractivity contribution in [2.45, 2.75) is 58.4 Å². The Kier molecular flexibility index (Phi) is 26.4. The number of hydrogen-bond acceptors (Lipinski definition) is 9. The number of amides is 4. The average Bonchev–Trinajstić information content (AvgIpc) is 2.92. The van der Waals surface area contributed by atoms with Crippen LogP contribution in [-0.4, -0.2) is 100 Å². The molecular formula is C27H47N6O8Y-. The third kappa shape index (κ3) is 24.4. The SMILES string of the molecule is CC(C)[NH-].CNC(=O)COCCOC(N)COc1cccc(C(=O)NCCNC(=O)C(O)CCCCNC(C)=O)c1.[Y]. The summed E-state index contributed by atoms with van der Waals surface area (Å²) in [5.74, 6) is -0.791. The predicted octanol–water partition coefficient (Wildman–Crippen LogP) is 0.0872. The Labute approximate surface area is 273 Å². The van der Waals surface area contributed by atoms with Crippen molar-refractivity contribution in [1.82, 2.24) is 21.3 Å². The van der Waals surface area contributed by atoms with Crippen molar-refractivity contribution in [2.75, 3.05) is 53.1 Å². The number of hydrogen-bond donors (Lipinski definition) is 6. The van der Waals surface area contributed by atoms with E-state index in [4.69, 9.17) is 25.7 Å². The van der Waals surface area contributed by atoms with E-state index >= 15 is 0 Å². The van der Waals surface area contributed by atoms with Crippen LogP contribution in [0.1, 0.15) is 50.4 Å². The molecule has 2 atom stereocenters. The minimum absolute atomic E-state index is 0. The summed E-state index contributed by atoms with van der Waals surface area (Å²) < 4.78 is 16.0. The molecule has 14 nitrogen and oxygen atoms in total. The van der Waals surface area contributed by atoms with Gasteiger partial charge < -0.3 is 52.1 Å². The Hall–Kier alpha value is -2.20. The Morgan fingerprint density at radius 1 is 1.02 bits per heavy atom. The average molecular weight is 673 g/mol. The first-order valence-corrected chi connectivity index (χ1v) is 13.5. The first-order chi connectivity index (χ1) is 19.5. The fourth-order valence-electron chi connectivity index (χ4n) is 2.89. The minimum atomic E-state index is -1.15. The molecule has 0 aliphatic carbocycles. The van der Waals surface area contributed by atoms with Gasteiger partial charge in [0.1, 0.15) is 31.3 Å². The first-order valence-electron chi connectivity index (χ1n) is 13.5. The number of carbonyl (C=O) groups is 4. The van der Waals surface area contributed by atoms with Crippen LogP contribution in [0.3, 0.4) is 0 Å². The number of unbranched alkanes of at least 4 members (excludes halogenated alkanes) is 1. The molecular weight excluding hydrogens is 625 g/mol. The molecule has 0 spiro atoms. The Bertz CT molecular complexity index is 906. The molecule has 1 radical (unpaired) electrons. The zero-order valence-electron chi connectivity index (χ0n) is 25.1. The molecule has 8 N–H and O–H groups in total. The second-order valence-corrected chi connectivity index (χ2v) is 9.17. The molecule has 0 aliphatic heterocycles. The number of benzene rings is 1. The van der Waals surface area contributed by atoms with Crippen LogP contribution in [0.5, 0.6) is 5.75 Å². The molecule has 0 saturated heterocycles. The number of ether oxygens (including phenoxy) is 3. The van der Waals surface area contributed by atoms with E-state index in [1.807, 2.05) is 13.8 Å². The van der Waals surface area contributed by atoms with Gasteiger partial charge >= 0.3 is 0 Å². The van der Waals surface area contributed by atoms with Gasteiger partial charge in [-0.25, -0.2) is 0 Å². The number of likely N-dealkylation sites (N-methyl/N-ethyl adjacent to an activating group) is 1. The monoisotopic (exact) mass is 672 g/mol. The molecule has 15 heteroatoms. The summed E-state index contributed by atoms with van der Waals surface area (Å²) in [7, 11) is 1.52. The van der Waals surface area contributed by atoms with Gasteiger partial charge in [0.25, 0.3) is 5.91 Å². The molecule has 1 aromatic carbocycles. The van der Waals surface area contributed by atoms with Crippen molar-refractivity contribution in [3.63, 3.8) is 0 Å². The normalized spacial score (nSPS) is 11.6. The molecule has 237 valence electrons. The topological polar surface area (TPSA) is 214 Å². The number of nitrogens with one attached hydrogen (secondary N) is 5. The maximum absolute atomic E-state index is 12.4. The summed E-state index contributed by atoms with van der Waals surface area (Å²) in [6, 6.07) is 6.59. The summed E-state index contributed by atoms with van der Waals surface area (Å²) in [5, 5.41) is 20.2. The van der Waals surface area contributed by atoms with Crippen LogP contribution in [-0.2, 0) is 56.6 Å². The van der Waals surface area contributed by atoms with Gasteiger partial charge in [-0.2, -0.15) is 0 Å². The number of nitrogens with two attached hydrogens (primary N) is 1. The van der Waals surface area contributed by atoms with E-state index in [2.05, 4.69) is 21.3 Å². The first kappa shape index (κ1) is 41.9. The Morgan fingerprint density at radius 2 is 1.69 bits per heavy atom. The zero-order valence-corrected chi connectivity index (χ0v) is 27.9. The number of rotatable bonds is 19. The summed E-state index contributed by atoms with van der Waals surface area (Å²) >= 11 is 0. The van der Waals surface area contributed by atoms with Crippen LogP contribution >= 0.6 is 0 Å². The standard InChI is InChI=1S/C24H39N5O8.C3H8N.Y/c1-17(30)27-9-4-3-8-20(31)24(34)29-11-10-28-23(33)18-6-5-7-19(14-18)37-15-21(25)36-13-12-35-16-22(32)26-2;1-3(2)4;/h5-7,14,20-21,31H,3-4,8-13,15-16,25H2,1-2H3,(H,26,32)(H,27,30)(H,28,33)(H,29,34);3-4H,1-2H3;/q;-1;. The van der Waals surface area contributed by atoms with E-state index in [-0.39, 0.29) is 102 Å². The van der Waals surface area contributed by atoms with Crippen LogP contribution in [0.25, 0.3) is 5.73 Å². The van der Waals surface area contributed by atoms with Crippen molar-refractivity contribution >= 4 is 23.6 Å². The van der Waals surface area contributed by atoms with Crippen LogP contribution in [0, 0.1) is 0 Å². The molecule has 1 rings (SSSR count). The van der Waals surface area contributed by atoms with E-state index in [1.54, 1.807) is 24.3 Å². The second kappa shape index (κ2) is 26.4. The summed E-state index contributed by atoms with van der Waals surface area (Å²) in [6.45, 7) is 6.30. The molecule has 0 heterocycles. The number of carbonyl (C=O) groups excluding carboxylic acids is 4. The molecule has 0 aromatic heterocycles. The maximum Gasteiger partial charge on any atom is 0.251 e. The van der Waals surface area contributed by atoms with E-state index < -0.39 is 18.2 Å². The predicted molar refractivity (Wildman–Crippen MR) is 154 cm³/mol. The summed E-state index contributed by atoms with van der Waals surface area (Å²) in [6.07, 6.45) is -0.333. The number of aliphatic hydroxyl groups is 1. The van der Waals surface area contributed by atoms with Crippen molar-refractivity contribution in [3.8, 4) is 5.75 Å². The summed E-state index contributed by atoms with van der Waals surface area (Å²) in [4.78, 5) is 46.2. The van der Waals surface area contributed by atoms with E-state index in [0.29, 0.717) is 30.7 Å². The molecule has 0 bridgehead atoms. The largest absolute Gasteiger partial charge is 0.675 e. The quantitative estimate of drug-likeness (QED) is 0.0867. The molecule has 0 saturated carbocycles. The zero-order chi connectivity index (χ0) is 31.0. The third-order valence-corrected chi connectivity index (χ3v) is 4.87. The third-order valence-electron chi connectivity index (χ3n) is 4.87. The molecule has 4 amide bonds. The van der Waals surface area contributed by atoms with Crippen LogP contribution < -0.4 is 31.7 Å². The van der Waals surface area contributed by atoms with Gasteiger partial charge in [0.05, 0.1) is 13.2 Å². The Balaban J connectivity index is 0. The molecule has 0 aliphatic rings. The van der Waals surface area contributed by atoms with Gasteiger partial charge in [-0.15, -0.1) is 6.04 Å².